The predicted octanol–water partition coefficient (Wildman–Crippen LogP) is 3.52. The highest BCUT2D eigenvalue weighted by Crippen LogP contribution is 2.21. The van der Waals surface area contributed by atoms with E-state index in [0.29, 0.717) is 56.8 Å². The van der Waals surface area contributed by atoms with Crippen LogP contribution in [0.2, 0.25) is 0 Å². The fraction of sp³-hybridized carbons (Fsp3) is 0.280. The lowest BCUT2D eigenvalue weighted by atomic mass is 10.2. The summed E-state index contributed by atoms with van der Waals surface area (Å²) in [5.41, 5.74) is 3.03. The Kier molecular flexibility index (Phi) is 5.39. The molecule has 0 atom stereocenters. The van der Waals surface area contributed by atoms with Crippen molar-refractivity contribution in [1.29, 1.82) is 0 Å². The number of fused-ring (bicyclic) bond motifs is 3. The summed E-state index contributed by atoms with van der Waals surface area (Å²) in [7, 11) is 0. The van der Waals surface area contributed by atoms with E-state index in [1.54, 1.807) is 16.7 Å². The fourth-order valence-corrected chi connectivity index (χ4v) is 4.58. The molecule has 164 valence electrons. The number of aryl methyl sites for hydroxylation is 1. The Bertz CT molecular complexity index is 1330. The van der Waals surface area contributed by atoms with Crippen LogP contribution in [0.15, 0.2) is 71.7 Å². The van der Waals surface area contributed by atoms with Gasteiger partial charge < -0.3 is 18.8 Å². The van der Waals surface area contributed by atoms with Crippen LogP contribution in [0.25, 0.3) is 16.6 Å². The van der Waals surface area contributed by atoms with Crippen LogP contribution in [-0.4, -0.2) is 46.0 Å². The highest BCUT2D eigenvalue weighted by Gasteiger charge is 2.22. The summed E-state index contributed by atoms with van der Waals surface area (Å²) in [5, 5.41) is 0. The van der Waals surface area contributed by atoms with Gasteiger partial charge in [0.25, 0.3) is 5.56 Å². The van der Waals surface area contributed by atoms with Crippen LogP contribution in [0.5, 0.6) is 0 Å². The Morgan fingerprint density at radius 3 is 2.31 bits per heavy atom. The number of carbonyl (C=O) groups excluding carboxylic acids is 1. The number of benzene rings is 2. The van der Waals surface area contributed by atoms with Gasteiger partial charge >= 0.3 is 0 Å². The van der Waals surface area contributed by atoms with Gasteiger partial charge in [-0.2, -0.15) is 0 Å². The number of nitrogens with zero attached hydrogens (tertiary/aromatic N) is 4. The van der Waals surface area contributed by atoms with Crippen molar-refractivity contribution in [2.24, 2.45) is 0 Å². The van der Waals surface area contributed by atoms with Crippen LogP contribution in [0, 0.1) is 5.82 Å². The minimum atomic E-state index is -0.232. The van der Waals surface area contributed by atoms with Gasteiger partial charge in [-0.3, -0.25) is 9.59 Å². The van der Waals surface area contributed by atoms with E-state index in [9.17, 15) is 14.0 Å². The maximum Gasteiger partial charge on any atom is 0.275 e. The molecule has 2 aromatic heterocycles. The second-order valence-electron chi connectivity index (χ2n) is 8.13. The lowest BCUT2D eigenvalue weighted by Crippen LogP contribution is -2.49. The molecule has 1 aliphatic rings. The third kappa shape index (κ3) is 3.64. The fourth-order valence-electron chi connectivity index (χ4n) is 4.58. The molecule has 1 amide bonds. The van der Waals surface area contributed by atoms with Crippen molar-refractivity contribution in [2.75, 3.05) is 31.1 Å². The molecule has 0 spiro atoms. The summed E-state index contributed by atoms with van der Waals surface area (Å²) in [5.74, 6) is -0.149. The molecule has 5 rings (SSSR count). The molecule has 7 heteroatoms. The van der Waals surface area contributed by atoms with Gasteiger partial charge in [0.05, 0.1) is 16.7 Å². The smallest absolute Gasteiger partial charge is 0.275 e. The van der Waals surface area contributed by atoms with Crippen molar-refractivity contribution < 1.29 is 9.18 Å². The number of aromatic nitrogens is 2. The minimum Gasteiger partial charge on any atom is -0.366 e. The monoisotopic (exact) mass is 432 g/mol. The van der Waals surface area contributed by atoms with E-state index >= 15 is 0 Å². The topological polar surface area (TPSA) is 50.0 Å². The zero-order valence-corrected chi connectivity index (χ0v) is 17.8. The number of amides is 1. The third-order valence-corrected chi connectivity index (χ3v) is 6.24. The number of carbonyl (C=O) groups is 1. The van der Waals surface area contributed by atoms with Crippen LogP contribution in [0.3, 0.4) is 0 Å². The number of rotatable bonds is 5. The van der Waals surface area contributed by atoms with Crippen molar-refractivity contribution >= 4 is 28.1 Å². The molecule has 0 saturated carbocycles. The summed E-state index contributed by atoms with van der Waals surface area (Å²) in [6.45, 7) is 2.86. The average Bonchev–Trinajstić information content (AvgIpc) is 3.32. The van der Waals surface area contributed by atoms with Crippen molar-refractivity contribution in [3.05, 3.63) is 83.0 Å². The zero-order chi connectivity index (χ0) is 22.1. The molecular formula is C25H25FN4O2. The maximum absolute atomic E-state index is 14.0. The summed E-state index contributed by atoms with van der Waals surface area (Å²) in [6.07, 6.45) is 2.87. The van der Waals surface area contributed by atoms with E-state index in [1.807, 2.05) is 62.9 Å². The van der Waals surface area contributed by atoms with Crippen molar-refractivity contribution in [3.63, 3.8) is 0 Å². The van der Waals surface area contributed by atoms with Crippen molar-refractivity contribution in [3.8, 4) is 0 Å². The van der Waals surface area contributed by atoms with Gasteiger partial charge in [-0.05, 0) is 42.8 Å². The summed E-state index contributed by atoms with van der Waals surface area (Å²) >= 11 is 0. The largest absolute Gasteiger partial charge is 0.366 e. The van der Waals surface area contributed by atoms with Crippen molar-refractivity contribution in [2.45, 2.75) is 19.4 Å². The molecule has 0 N–H and O–H groups in total. The van der Waals surface area contributed by atoms with E-state index in [2.05, 4.69) is 0 Å². The molecule has 0 radical (unpaired) electrons. The van der Waals surface area contributed by atoms with Gasteiger partial charge in [0.15, 0.2) is 0 Å². The van der Waals surface area contributed by atoms with Crippen LogP contribution in [0.1, 0.15) is 12.8 Å². The molecule has 1 aliphatic heterocycles. The summed E-state index contributed by atoms with van der Waals surface area (Å²) < 4.78 is 17.7. The Morgan fingerprint density at radius 1 is 0.844 bits per heavy atom. The first-order chi connectivity index (χ1) is 15.6. The molecule has 2 aromatic carbocycles. The molecule has 1 saturated heterocycles. The first kappa shape index (κ1) is 20.3. The van der Waals surface area contributed by atoms with Crippen molar-refractivity contribution in [1.82, 2.24) is 13.9 Å². The molecule has 1 fully saturated rings. The van der Waals surface area contributed by atoms with Gasteiger partial charge in [-0.1, -0.05) is 24.3 Å². The quantitative estimate of drug-likeness (QED) is 0.485. The van der Waals surface area contributed by atoms with E-state index in [4.69, 9.17) is 0 Å². The molecule has 0 aliphatic carbocycles. The van der Waals surface area contributed by atoms with Crippen LogP contribution in [-0.2, 0) is 11.3 Å². The first-order valence-corrected chi connectivity index (χ1v) is 11.0. The average molecular weight is 432 g/mol. The van der Waals surface area contributed by atoms with Crippen LogP contribution in [0.4, 0.5) is 10.1 Å². The molecule has 4 aromatic rings. The number of halogens is 1. The highest BCUT2D eigenvalue weighted by atomic mass is 19.1. The molecular weight excluding hydrogens is 407 g/mol. The van der Waals surface area contributed by atoms with Crippen LogP contribution < -0.4 is 10.5 Å². The molecule has 0 bridgehead atoms. The number of piperazine rings is 1. The van der Waals surface area contributed by atoms with Gasteiger partial charge in [-0.15, -0.1) is 0 Å². The predicted molar refractivity (Wildman–Crippen MR) is 124 cm³/mol. The molecule has 32 heavy (non-hydrogen) atoms. The highest BCUT2D eigenvalue weighted by molar-refractivity contribution is 5.79. The Hall–Kier alpha value is -3.61. The first-order valence-electron chi connectivity index (χ1n) is 11.0. The van der Waals surface area contributed by atoms with E-state index in [-0.39, 0.29) is 17.3 Å². The lowest BCUT2D eigenvalue weighted by molar-refractivity contribution is -0.131. The number of para-hydroxylation sites is 3. The summed E-state index contributed by atoms with van der Waals surface area (Å²) in [4.78, 5) is 29.6. The SMILES string of the molecule is O=C(CCCn1c(=O)c2cccn2c2ccccc21)N1CCN(c2ccccc2F)CC1. The Labute approximate surface area is 185 Å². The maximum atomic E-state index is 14.0. The Morgan fingerprint density at radius 2 is 1.53 bits per heavy atom. The van der Waals surface area contributed by atoms with Gasteiger partial charge in [0.1, 0.15) is 11.3 Å². The van der Waals surface area contributed by atoms with Crippen LogP contribution >= 0.6 is 0 Å². The summed E-state index contributed by atoms with van der Waals surface area (Å²) in [6, 6.07) is 18.3. The second-order valence-corrected chi connectivity index (χ2v) is 8.13. The molecule has 0 unspecified atom stereocenters. The van der Waals surface area contributed by atoms with Gasteiger partial charge in [0.2, 0.25) is 5.91 Å². The van der Waals surface area contributed by atoms with Gasteiger partial charge in [-0.25, -0.2) is 4.39 Å². The Balaban J connectivity index is 1.23. The normalized spacial score (nSPS) is 14.4. The lowest BCUT2D eigenvalue weighted by Gasteiger charge is -2.36. The minimum absolute atomic E-state index is 0.0420. The van der Waals surface area contributed by atoms with E-state index in [0.717, 1.165) is 11.0 Å². The molecule has 6 nitrogen and oxygen atoms in total. The van der Waals surface area contributed by atoms with E-state index < -0.39 is 0 Å². The third-order valence-electron chi connectivity index (χ3n) is 6.24. The number of hydrogen-bond acceptors (Lipinski definition) is 3. The zero-order valence-electron chi connectivity index (χ0n) is 17.8. The molecule has 3 heterocycles. The number of hydrogen-bond donors (Lipinski definition) is 0. The second kappa shape index (κ2) is 8.49. The standard InChI is InChI=1S/C25H25FN4O2/c26-19-7-1-2-8-20(19)27-15-17-28(18-16-27)24(31)12-6-14-30-22-10-4-3-9-21(22)29-13-5-11-23(29)25(30)32/h1-5,7-11,13H,6,12,14-18H2. The van der Waals surface area contributed by atoms with E-state index in [1.165, 1.54) is 6.07 Å². The number of anilines is 1. The van der Waals surface area contributed by atoms with Gasteiger partial charge in [0, 0.05) is 45.3 Å².